The van der Waals surface area contributed by atoms with Crippen LogP contribution in [0, 0.1) is 11.8 Å². The molecule has 1 rings (SSSR count). The van der Waals surface area contributed by atoms with Gasteiger partial charge in [-0.05, 0) is 12.0 Å². The molecule has 0 spiro atoms. The third-order valence-electron chi connectivity index (χ3n) is 1.22. The van der Waals surface area contributed by atoms with Crippen molar-refractivity contribution in [2.24, 2.45) is 0 Å². The minimum atomic E-state index is 0.541. The van der Waals surface area contributed by atoms with E-state index in [0.717, 1.165) is 0 Å². The Morgan fingerprint density at radius 3 is 3.08 bits per heavy atom. The predicted octanol–water partition coefficient (Wildman–Crippen LogP) is 0.641. The van der Waals surface area contributed by atoms with Crippen LogP contribution in [0.4, 0.5) is 0 Å². The van der Waals surface area contributed by atoms with Gasteiger partial charge in [-0.1, -0.05) is 5.92 Å². The lowest BCUT2D eigenvalue weighted by Gasteiger charge is -1.96. The highest BCUT2D eigenvalue weighted by atomic mass is 16.5. The number of rotatable bonds is 1. The standard InChI is InChI=1S/C9H7NO2/c1-12-9-5-8(3-2-4-11)6-10-7-9/h4-7H,1H3. The van der Waals surface area contributed by atoms with E-state index >= 15 is 0 Å². The van der Waals surface area contributed by atoms with E-state index in [1.54, 1.807) is 25.6 Å². The summed E-state index contributed by atoms with van der Waals surface area (Å²) in [4.78, 5) is 13.8. The second-order valence-corrected chi connectivity index (χ2v) is 2.00. The third kappa shape index (κ3) is 2.10. The Hall–Kier alpha value is -1.82. The maximum Gasteiger partial charge on any atom is 0.193 e. The largest absolute Gasteiger partial charge is 0.495 e. The van der Waals surface area contributed by atoms with Crippen LogP contribution in [-0.4, -0.2) is 18.4 Å². The molecule has 3 nitrogen and oxygen atoms in total. The first-order chi connectivity index (χ1) is 5.86. The van der Waals surface area contributed by atoms with Crippen molar-refractivity contribution in [3.63, 3.8) is 0 Å². The molecule has 0 saturated carbocycles. The van der Waals surface area contributed by atoms with E-state index in [1.807, 2.05) is 0 Å². The molecule has 0 N–H and O–H groups in total. The molecule has 12 heavy (non-hydrogen) atoms. The number of carbonyl (C=O) groups is 1. The van der Waals surface area contributed by atoms with Crippen LogP contribution in [0.3, 0.4) is 0 Å². The molecule has 0 aliphatic carbocycles. The van der Waals surface area contributed by atoms with E-state index < -0.39 is 0 Å². The molecule has 3 heteroatoms. The lowest BCUT2D eigenvalue weighted by molar-refractivity contribution is -0.103. The van der Waals surface area contributed by atoms with Crippen LogP contribution in [0.2, 0.25) is 0 Å². The molecule has 1 aromatic rings. The Morgan fingerprint density at radius 1 is 1.58 bits per heavy atom. The van der Waals surface area contributed by atoms with Crippen molar-refractivity contribution in [1.82, 2.24) is 4.98 Å². The van der Waals surface area contributed by atoms with Crippen LogP contribution in [0.15, 0.2) is 18.5 Å². The van der Waals surface area contributed by atoms with E-state index in [1.165, 1.54) is 0 Å². The fourth-order valence-corrected chi connectivity index (χ4v) is 0.712. The van der Waals surface area contributed by atoms with E-state index in [9.17, 15) is 4.79 Å². The monoisotopic (exact) mass is 161 g/mol. The summed E-state index contributed by atoms with van der Waals surface area (Å²) in [6.45, 7) is 0. The molecule has 0 atom stereocenters. The molecular formula is C9H7NO2. The molecule has 0 radical (unpaired) electrons. The van der Waals surface area contributed by atoms with Crippen LogP contribution in [0.1, 0.15) is 5.56 Å². The van der Waals surface area contributed by atoms with Gasteiger partial charge in [0.1, 0.15) is 5.75 Å². The number of hydrogen-bond donors (Lipinski definition) is 0. The van der Waals surface area contributed by atoms with Crippen LogP contribution < -0.4 is 4.74 Å². The summed E-state index contributed by atoms with van der Waals surface area (Å²) >= 11 is 0. The highest BCUT2D eigenvalue weighted by Crippen LogP contribution is 2.08. The fourth-order valence-electron chi connectivity index (χ4n) is 0.712. The zero-order chi connectivity index (χ0) is 8.81. The summed E-state index contributed by atoms with van der Waals surface area (Å²) in [5.41, 5.74) is 0.668. The quantitative estimate of drug-likeness (QED) is 0.448. The van der Waals surface area contributed by atoms with Gasteiger partial charge in [0.15, 0.2) is 6.29 Å². The molecule has 0 fully saturated rings. The van der Waals surface area contributed by atoms with Crippen molar-refractivity contribution in [2.75, 3.05) is 7.11 Å². The van der Waals surface area contributed by atoms with E-state index in [4.69, 9.17) is 4.74 Å². The normalized spacial score (nSPS) is 8.08. The van der Waals surface area contributed by atoms with E-state index in [2.05, 4.69) is 16.8 Å². The molecular weight excluding hydrogens is 154 g/mol. The van der Waals surface area contributed by atoms with Gasteiger partial charge in [-0.25, -0.2) is 0 Å². The van der Waals surface area contributed by atoms with Crippen LogP contribution in [-0.2, 0) is 4.79 Å². The van der Waals surface area contributed by atoms with Gasteiger partial charge < -0.3 is 4.74 Å². The molecule has 0 aliphatic rings. The molecule has 1 aromatic heterocycles. The Labute approximate surface area is 70.4 Å². The number of nitrogens with zero attached hydrogens (tertiary/aromatic N) is 1. The molecule has 0 bridgehead atoms. The average molecular weight is 161 g/mol. The number of aromatic nitrogens is 1. The minimum absolute atomic E-state index is 0.541. The van der Waals surface area contributed by atoms with Gasteiger partial charge in [0.05, 0.1) is 13.3 Å². The Kier molecular flexibility index (Phi) is 2.86. The van der Waals surface area contributed by atoms with Gasteiger partial charge in [-0.15, -0.1) is 0 Å². The van der Waals surface area contributed by atoms with E-state index in [-0.39, 0.29) is 0 Å². The topological polar surface area (TPSA) is 39.2 Å². The Morgan fingerprint density at radius 2 is 2.42 bits per heavy atom. The molecule has 0 aliphatic heterocycles. The molecule has 1 heterocycles. The first-order valence-electron chi connectivity index (χ1n) is 3.31. The predicted molar refractivity (Wildman–Crippen MR) is 43.7 cm³/mol. The Bertz CT molecular complexity index is 336. The highest BCUT2D eigenvalue weighted by Gasteiger charge is 1.91. The van der Waals surface area contributed by atoms with Crippen molar-refractivity contribution in [2.45, 2.75) is 0 Å². The van der Waals surface area contributed by atoms with E-state index in [0.29, 0.717) is 17.6 Å². The number of methoxy groups -OCH3 is 1. The second kappa shape index (κ2) is 4.14. The van der Waals surface area contributed by atoms with Crippen LogP contribution in [0.5, 0.6) is 5.75 Å². The van der Waals surface area contributed by atoms with Gasteiger partial charge in [-0.3, -0.25) is 9.78 Å². The van der Waals surface area contributed by atoms with Crippen molar-refractivity contribution < 1.29 is 9.53 Å². The summed E-state index contributed by atoms with van der Waals surface area (Å²) in [5, 5.41) is 0. The smallest absolute Gasteiger partial charge is 0.193 e. The summed E-state index contributed by atoms with van der Waals surface area (Å²) in [7, 11) is 1.55. The van der Waals surface area contributed by atoms with Gasteiger partial charge in [0, 0.05) is 11.8 Å². The van der Waals surface area contributed by atoms with Crippen molar-refractivity contribution in [3.05, 3.63) is 24.0 Å². The van der Waals surface area contributed by atoms with Gasteiger partial charge in [-0.2, -0.15) is 0 Å². The summed E-state index contributed by atoms with van der Waals surface area (Å²) < 4.78 is 4.92. The maximum atomic E-state index is 9.91. The van der Waals surface area contributed by atoms with Crippen LogP contribution >= 0.6 is 0 Å². The number of carbonyl (C=O) groups excluding carboxylic acids is 1. The van der Waals surface area contributed by atoms with Gasteiger partial charge in [0.25, 0.3) is 0 Å². The Balaban J connectivity index is 2.93. The summed E-state index contributed by atoms with van der Waals surface area (Å²) in [6.07, 6.45) is 3.69. The lowest BCUT2D eigenvalue weighted by atomic mass is 10.3. The summed E-state index contributed by atoms with van der Waals surface area (Å²) in [5.74, 6) is 5.53. The summed E-state index contributed by atoms with van der Waals surface area (Å²) in [6, 6.07) is 1.71. The first-order valence-corrected chi connectivity index (χ1v) is 3.31. The third-order valence-corrected chi connectivity index (χ3v) is 1.22. The highest BCUT2D eigenvalue weighted by molar-refractivity contribution is 5.73. The fraction of sp³-hybridized carbons (Fsp3) is 0.111. The van der Waals surface area contributed by atoms with Gasteiger partial charge in [0.2, 0.25) is 0 Å². The van der Waals surface area contributed by atoms with Gasteiger partial charge >= 0.3 is 0 Å². The zero-order valence-electron chi connectivity index (χ0n) is 6.57. The maximum absolute atomic E-state index is 9.91. The first kappa shape index (κ1) is 8.28. The number of aldehydes is 1. The second-order valence-electron chi connectivity index (χ2n) is 2.00. The van der Waals surface area contributed by atoms with Crippen molar-refractivity contribution >= 4 is 6.29 Å². The molecule has 0 saturated heterocycles. The van der Waals surface area contributed by atoms with Crippen LogP contribution in [0.25, 0.3) is 0 Å². The van der Waals surface area contributed by atoms with Crippen molar-refractivity contribution in [3.8, 4) is 17.6 Å². The molecule has 0 unspecified atom stereocenters. The van der Waals surface area contributed by atoms with Crippen molar-refractivity contribution in [1.29, 1.82) is 0 Å². The zero-order valence-corrected chi connectivity index (χ0v) is 6.57. The number of hydrogen-bond acceptors (Lipinski definition) is 3. The average Bonchev–Trinajstić information content (AvgIpc) is 2.15. The number of pyridine rings is 1. The minimum Gasteiger partial charge on any atom is -0.495 e. The molecule has 0 amide bonds. The SMILES string of the molecule is COc1cncc(C#CC=O)c1. The lowest BCUT2D eigenvalue weighted by Crippen LogP contribution is -1.85. The molecule has 0 aromatic carbocycles. The molecule has 60 valence electrons. The number of ether oxygens (including phenoxy) is 1.